The van der Waals surface area contributed by atoms with Gasteiger partial charge in [-0.3, -0.25) is 4.79 Å². The van der Waals surface area contributed by atoms with Crippen molar-refractivity contribution in [3.63, 3.8) is 0 Å². The van der Waals surface area contributed by atoms with E-state index in [0.29, 0.717) is 18.8 Å². The van der Waals surface area contributed by atoms with Crippen LogP contribution in [0.2, 0.25) is 0 Å². The highest BCUT2D eigenvalue weighted by molar-refractivity contribution is 7.16. The molecule has 7 heteroatoms. The lowest BCUT2D eigenvalue weighted by Crippen LogP contribution is -2.31. The maximum Gasteiger partial charge on any atom is 0.234 e. The quantitative estimate of drug-likeness (QED) is 0.868. The van der Waals surface area contributed by atoms with Crippen molar-refractivity contribution in [3.8, 4) is 0 Å². The van der Waals surface area contributed by atoms with E-state index in [1.54, 1.807) is 0 Å². The van der Waals surface area contributed by atoms with Gasteiger partial charge in [-0.1, -0.05) is 38.0 Å². The molecule has 0 N–H and O–H groups in total. The number of hydrogen-bond donors (Lipinski definition) is 0. The van der Waals surface area contributed by atoms with Gasteiger partial charge in [-0.25, -0.2) is 0 Å². The van der Waals surface area contributed by atoms with Gasteiger partial charge in [0.05, 0.1) is 0 Å². The monoisotopic (exact) mass is 321 g/mol. The van der Waals surface area contributed by atoms with E-state index in [9.17, 15) is 4.79 Å². The summed E-state index contributed by atoms with van der Waals surface area (Å²) in [4.78, 5) is 15.2. The second-order valence-corrected chi connectivity index (χ2v) is 7.24. The summed E-state index contributed by atoms with van der Waals surface area (Å²) in [6.45, 7) is 6.00. The average molecular weight is 321 g/mol. The number of carbonyl (C=O) groups excluding carboxylic acids is 1. The number of carbonyl (C=O) groups is 1. The van der Waals surface area contributed by atoms with E-state index < -0.39 is 0 Å². The standard InChI is InChI=1S/C15H23N5OS/c1-11(2)14-16-17-15-20(14)18-12(22-15)7-8-13(21)19-9-5-3-4-6-10-19/h11H,3-10H2,1-2H3. The minimum atomic E-state index is 0.261. The summed E-state index contributed by atoms with van der Waals surface area (Å²) in [5.74, 6) is 1.44. The van der Waals surface area contributed by atoms with Gasteiger partial charge in [-0.15, -0.1) is 10.2 Å². The van der Waals surface area contributed by atoms with Crippen LogP contribution in [0.3, 0.4) is 0 Å². The number of likely N-dealkylation sites (tertiary alicyclic amines) is 1. The zero-order chi connectivity index (χ0) is 15.5. The maximum absolute atomic E-state index is 12.3. The van der Waals surface area contributed by atoms with Crippen LogP contribution >= 0.6 is 11.3 Å². The number of rotatable bonds is 4. The molecule has 1 aliphatic heterocycles. The largest absolute Gasteiger partial charge is 0.343 e. The third kappa shape index (κ3) is 3.29. The van der Waals surface area contributed by atoms with E-state index in [0.717, 1.165) is 41.7 Å². The molecular formula is C15H23N5OS. The summed E-state index contributed by atoms with van der Waals surface area (Å²) in [5, 5.41) is 13.9. The highest BCUT2D eigenvalue weighted by Crippen LogP contribution is 2.20. The molecule has 0 atom stereocenters. The van der Waals surface area contributed by atoms with Gasteiger partial charge in [0.25, 0.3) is 0 Å². The molecule has 0 aliphatic carbocycles. The molecule has 0 radical (unpaired) electrons. The second-order valence-electron chi connectivity index (χ2n) is 6.20. The molecule has 120 valence electrons. The first kappa shape index (κ1) is 15.4. The Balaban J connectivity index is 1.62. The number of amides is 1. The Morgan fingerprint density at radius 1 is 1.18 bits per heavy atom. The van der Waals surface area contributed by atoms with E-state index >= 15 is 0 Å². The number of aryl methyl sites for hydroxylation is 1. The van der Waals surface area contributed by atoms with Crippen LogP contribution in [-0.2, 0) is 11.2 Å². The molecule has 0 spiro atoms. The lowest BCUT2D eigenvalue weighted by molar-refractivity contribution is -0.131. The molecule has 6 nitrogen and oxygen atoms in total. The Bertz CT molecular complexity index is 639. The van der Waals surface area contributed by atoms with Crippen LogP contribution < -0.4 is 0 Å². The molecule has 1 saturated heterocycles. The summed E-state index contributed by atoms with van der Waals surface area (Å²) in [5.41, 5.74) is 0. The average Bonchev–Trinajstić information content (AvgIpc) is 2.93. The zero-order valence-electron chi connectivity index (χ0n) is 13.3. The van der Waals surface area contributed by atoms with E-state index in [1.807, 2.05) is 9.42 Å². The minimum absolute atomic E-state index is 0.261. The Kier molecular flexibility index (Phi) is 4.71. The van der Waals surface area contributed by atoms with Crippen molar-refractivity contribution in [1.29, 1.82) is 0 Å². The number of nitrogens with zero attached hydrogens (tertiary/aromatic N) is 5. The zero-order valence-corrected chi connectivity index (χ0v) is 14.1. The third-order valence-corrected chi connectivity index (χ3v) is 5.04. The van der Waals surface area contributed by atoms with Crippen LogP contribution in [0.5, 0.6) is 0 Å². The van der Waals surface area contributed by atoms with Crippen molar-refractivity contribution < 1.29 is 4.79 Å². The smallest absolute Gasteiger partial charge is 0.234 e. The highest BCUT2D eigenvalue weighted by Gasteiger charge is 2.18. The van der Waals surface area contributed by atoms with Gasteiger partial charge in [0, 0.05) is 31.8 Å². The molecule has 0 unspecified atom stereocenters. The predicted molar refractivity (Wildman–Crippen MR) is 86.1 cm³/mol. The fraction of sp³-hybridized carbons (Fsp3) is 0.733. The normalized spacial score (nSPS) is 16.4. The summed E-state index contributed by atoms with van der Waals surface area (Å²) >= 11 is 1.54. The van der Waals surface area contributed by atoms with Crippen molar-refractivity contribution in [2.75, 3.05) is 13.1 Å². The van der Waals surface area contributed by atoms with Crippen LogP contribution in [0.15, 0.2) is 0 Å². The molecule has 0 aromatic carbocycles. The van der Waals surface area contributed by atoms with Gasteiger partial charge in [0.2, 0.25) is 10.9 Å². The number of hydrogen-bond acceptors (Lipinski definition) is 5. The Morgan fingerprint density at radius 2 is 1.91 bits per heavy atom. The first-order valence-corrected chi connectivity index (χ1v) is 8.95. The van der Waals surface area contributed by atoms with Gasteiger partial charge in [-0.05, 0) is 12.8 Å². The third-order valence-electron chi connectivity index (χ3n) is 4.08. The van der Waals surface area contributed by atoms with Crippen LogP contribution in [0, 0.1) is 0 Å². The molecule has 3 heterocycles. The van der Waals surface area contributed by atoms with Crippen LogP contribution in [0.4, 0.5) is 0 Å². The molecule has 0 bridgehead atoms. The summed E-state index contributed by atoms with van der Waals surface area (Å²) < 4.78 is 1.82. The molecule has 22 heavy (non-hydrogen) atoms. The van der Waals surface area contributed by atoms with Gasteiger partial charge in [0.1, 0.15) is 5.01 Å². The van der Waals surface area contributed by atoms with E-state index in [2.05, 4.69) is 29.1 Å². The van der Waals surface area contributed by atoms with Gasteiger partial charge in [-0.2, -0.15) is 9.61 Å². The Morgan fingerprint density at radius 3 is 2.59 bits per heavy atom. The van der Waals surface area contributed by atoms with Crippen molar-refractivity contribution in [2.24, 2.45) is 0 Å². The SMILES string of the molecule is CC(C)c1nnc2sc(CCC(=O)N3CCCCCC3)nn12. The van der Waals surface area contributed by atoms with Crippen molar-refractivity contribution in [1.82, 2.24) is 24.7 Å². The molecule has 2 aromatic heterocycles. The topological polar surface area (TPSA) is 63.4 Å². The lowest BCUT2D eigenvalue weighted by Gasteiger charge is -2.19. The minimum Gasteiger partial charge on any atom is -0.343 e. The molecule has 3 rings (SSSR count). The molecule has 0 saturated carbocycles. The predicted octanol–water partition coefficient (Wildman–Crippen LogP) is 2.64. The number of aromatic nitrogens is 4. The van der Waals surface area contributed by atoms with E-state index in [1.165, 1.54) is 24.2 Å². The van der Waals surface area contributed by atoms with Crippen molar-refractivity contribution in [3.05, 3.63) is 10.8 Å². The first-order chi connectivity index (χ1) is 10.6. The lowest BCUT2D eigenvalue weighted by atomic mass is 10.2. The van der Waals surface area contributed by atoms with Crippen LogP contribution in [-0.4, -0.2) is 43.7 Å². The molecule has 1 aliphatic rings. The van der Waals surface area contributed by atoms with Crippen molar-refractivity contribution in [2.45, 2.75) is 58.3 Å². The van der Waals surface area contributed by atoms with Crippen molar-refractivity contribution >= 4 is 22.2 Å². The molecular weight excluding hydrogens is 298 g/mol. The van der Waals surface area contributed by atoms with Gasteiger partial charge < -0.3 is 4.90 Å². The van der Waals surface area contributed by atoms with Crippen LogP contribution in [0.1, 0.15) is 62.7 Å². The number of fused-ring (bicyclic) bond motifs is 1. The Hall–Kier alpha value is -1.50. The summed E-state index contributed by atoms with van der Waals surface area (Å²) in [7, 11) is 0. The van der Waals surface area contributed by atoms with Gasteiger partial charge in [0.15, 0.2) is 5.82 Å². The molecule has 2 aromatic rings. The van der Waals surface area contributed by atoms with Crippen LogP contribution in [0.25, 0.3) is 4.96 Å². The second kappa shape index (κ2) is 6.73. The maximum atomic E-state index is 12.3. The van der Waals surface area contributed by atoms with E-state index in [4.69, 9.17) is 0 Å². The summed E-state index contributed by atoms with van der Waals surface area (Å²) in [6.07, 6.45) is 6.01. The summed E-state index contributed by atoms with van der Waals surface area (Å²) in [6, 6.07) is 0. The Labute approximate surface area is 134 Å². The fourth-order valence-corrected chi connectivity index (χ4v) is 3.66. The fourth-order valence-electron chi connectivity index (χ4n) is 2.82. The molecule has 1 fully saturated rings. The molecule has 1 amide bonds. The van der Waals surface area contributed by atoms with E-state index in [-0.39, 0.29) is 5.91 Å². The highest BCUT2D eigenvalue weighted by atomic mass is 32.1. The van der Waals surface area contributed by atoms with Gasteiger partial charge >= 0.3 is 0 Å². The first-order valence-electron chi connectivity index (χ1n) is 8.14.